The number of hydrogen-bond acceptors (Lipinski definition) is 5. The first-order chi connectivity index (χ1) is 10.5. The minimum absolute atomic E-state index is 0.0781. The topological polar surface area (TPSA) is 72.8 Å². The van der Waals surface area contributed by atoms with Crippen molar-refractivity contribution in [1.82, 2.24) is 0 Å². The molecule has 0 unspecified atom stereocenters. The molecule has 22 heavy (non-hydrogen) atoms. The predicted molar refractivity (Wildman–Crippen MR) is 81.8 cm³/mol. The second kappa shape index (κ2) is 5.38. The SMILES string of the molecule is COc1cccc(OCC2=Cc3ccc(O)cc3S2(=O)=O)c1. The normalized spacial score (nSPS) is 15.0. The second-order valence-corrected chi connectivity index (χ2v) is 6.77. The van der Waals surface area contributed by atoms with Gasteiger partial charge in [0.05, 0.1) is 16.9 Å². The molecule has 0 radical (unpaired) electrons. The highest BCUT2D eigenvalue weighted by Crippen LogP contribution is 2.35. The summed E-state index contributed by atoms with van der Waals surface area (Å²) in [6.45, 7) is -0.0784. The van der Waals surface area contributed by atoms with E-state index < -0.39 is 9.84 Å². The van der Waals surface area contributed by atoms with E-state index in [0.29, 0.717) is 17.1 Å². The number of phenolic OH excluding ortho intramolecular Hbond substituents is 1. The number of sulfone groups is 1. The predicted octanol–water partition coefficient (Wildman–Crippen LogP) is 2.61. The molecule has 0 aliphatic carbocycles. The molecule has 0 aromatic heterocycles. The highest BCUT2D eigenvalue weighted by Gasteiger charge is 2.30. The van der Waals surface area contributed by atoms with Crippen molar-refractivity contribution < 1.29 is 23.0 Å². The number of hydrogen-bond donors (Lipinski definition) is 1. The van der Waals surface area contributed by atoms with Gasteiger partial charge in [-0.05, 0) is 42.0 Å². The first kappa shape index (κ1) is 14.5. The van der Waals surface area contributed by atoms with Crippen molar-refractivity contribution in [3.8, 4) is 17.2 Å². The first-order valence-corrected chi connectivity index (χ1v) is 8.04. The van der Waals surface area contributed by atoms with Gasteiger partial charge in [-0.2, -0.15) is 0 Å². The van der Waals surface area contributed by atoms with Crippen LogP contribution in [0.2, 0.25) is 0 Å². The van der Waals surface area contributed by atoms with Gasteiger partial charge in [0.25, 0.3) is 0 Å². The van der Waals surface area contributed by atoms with Gasteiger partial charge in [0, 0.05) is 6.07 Å². The van der Waals surface area contributed by atoms with Gasteiger partial charge in [-0.3, -0.25) is 0 Å². The number of ether oxygens (including phenoxy) is 2. The van der Waals surface area contributed by atoms with Crippen LogP contribution in [0.5, 0.6) is 17.2 Å². The van der Waals surface area contributed by atoms with E-state index in [9.17, 15) is 13.5 Å². The Morgan fingerprint density at radius 1 is 1.09 bits per heavy atom. The maximum atomic E-state index is 12.4. The number of methoxy groups -OCH3 is 1. The van der Waals surface area contributed by atoms with E-state index in [1.165, 1.54) is 12.1 Å². The summed E-state index contributed by atoms with van der Waals surface area (Å²) in [6.07, 6.45) is 1.56. The van der Waals surface area contributed by atoms with E-state index in [2.05, 4.69) is 0 Å². The van der Waals surface area contributed by atoms with Crippen molar-refractivity contribution >= 4 is 15.9 Å². The molecule has 1 aliphatic heterocycles. The Bertz CT molecular complexity index is 853. The van der Waals surface area contributed by atoms with Crippen LogP contribution in [0.25, 0.3) is 6.08 Å². The molecule has 5 nitrogen and oxygen atoms in total. The standard InChI is InChI=1S/C16H14O5S/c1-20-13-3-2-4-14(9-13)21-10-15-7-11-5-6-12(17)8-16(11)22(15,18)19/h2-9,17H,10H2,1H3. The molecule has 2 aromatic rings. The Labute approximate surface area is 128 Å². The minimum atomic E-state index is -3.61. The Balaban J connectivity index is 1.82. The number of fused-ring (bicyclic) bond motifs is 1. The fraction of sp³-hybridized carbons (Fsp3) is 0.125. The average Bonchev–Trinajstić information content (AvgIpc) is 2.76. The van der Waals surface area contributed by atoms with Crippen molar-refractivity contribution in [1.29, 1.82) is 0 Å². The summed E-state index contributed by atoms with van der Waals surface area (Å²) in [7, 11) is -2.06. The van der Waals surface area contributed by atoms with Gasteiger partial charge < -0.3 is 14.6 Å². The van der Waals surface area contributed by atoms with Gasteiger partial charge in [-0.1, -0.05) is 6.07 Å². The molecule has 0 fully saturated rings. The van der Waals surface area contributed by atoms with Crippen molar-refractivity contribution in [2.24, 2.45) is 0 Å². The first-order valence-electron chi connectivity index (χ1n) is 6.56. The van der Waals surface area contributed by atoms with E-state index in [-0.39, 0.29) is 22.2 Å². The molecule has 1 heterocycles. The van der Waals surface area contributed by atoms with Crippen LogP contribution in [-0.2, 0) is 9.84 Å². The molecular weight excluding hydrogens is 304 g/mol. The van der Waals surface area contributed by atoms with Crippen LogP contribution in [0.1, 0.15) is 5.56 Å². The Morgan fingerprint density at radius 3 is 2.64 bits per heavy atom. The molecule has 2 aromatic carbocycles. The highest BCUT2D eigenvalue weighted by molar-refractivity contribution is 7.95. The lowest BCUT2D eigenvalue weighted by molar-refractivity contribution is 0.353. The third-order valence-corrected chi connectivity index (χ3v) is 5.23. The quantitative estimate of drug-likeness (QED) is 0.938. The van der Waals surface area contributed by atoms with Crippen molar-refractivity contribution in [3.05, 3.63) is 52.9 Å². The Hall–Kier alpha value is -2.47. The lowest BCUT2D eigenvalue weighted by Gasteiger charge is -2.08. The molecular formula is C16H14O5S. The highest BCUT2D eigenvalue weighted by atomic mass is 32.2. The second-order valence-electron chi connectivity index (χ2n) is 4.80. The molecule has 0 saturated heterocycles. The lowest BCUT2D eigenvalue weighted by atomic mass is 10.2. The maximum absolute atomic E-state index is 12.4. The van der Waals surface area contributed by atoms with Crippen LogP contribution < -0.4 is 9.47 Å². The van der Waals surface area contributed by atoms with Gasteiger partial charge in [0.2, 0.25) is 9.84 Å². The summed E-state index contributed by atoms with van der Waals surface area (Å²) in [4.78, 5) is 0.271. The zero-order chi connectivity index (χ0) is 15.7. The molecule has 1 N–H and O–H groups in total. The summed E-state index contributed by atoms with van der Waals surface area (Å²) in [5.41, 5.74) is 0.557. The van der Waals surface area contributed by atoms with E-state index in [0.717, 1.165) is 0 Å². The van der Waals surface area contributed by atoms with Crippen LogP contribution in [-0.4, -0.2) is 27.2 Å². The smallest absolute Gasteiger partial charge is 0.206 e. The summed E-state index contributed by atoms with van der Waals surface area (Å²) in [6, 6.07) is 11.2. The van der Waals surface area contributed by atoms with Crippen molar-refractivity contribution in [2.75, 3.05) is 13.7 Å². The van der Waals surface area contributed by atoms with E-state index in [1.54, 1.807) is 43.5 Å². The van der Waals surface area contributed by atoms with Crippen LogP contribution >= 0.6 is 0 Å². The molecule has 0 atom stereocenters. The zero-order valence-electron chi connectivity index (χ0n) is 11.8. The average molecular weight is 318 g/mol. The molecule has 0 saturated carbocycles. The number of aromatic hydroxyl groups is 1. The summed E-state index contributed by atoms with van der Waals surface area (Å²) in [5, 5.41) is 9.45. The van der Waals surface area contributed by atoms with Crippen LogP contribution in [0.15, 0.2) is 52.3 Å². The molecule has 3 rings (SSSR count). The van der Waals surface area contributed by atoms with Gasteiger partial charge in [-0.15, -0.1) is 0 Å². The van der Waals surface area contributed by atoms with Crippen molar-refractivity contribution in [3.63, 3.8) is 0 Å². The number of benzene rings is 2. The molecule has 0 spiro atoms. The van der Waals surface area contributed by atoms with Gasteiger partial charge in [0.1, 0.15) is 23.9 Å². The minimum Gasteiger partial charge on any atom is -0.508 e. The van der Waals surface area contributed by atoms with Crippen molar-refractivity contribution in [2.45, 2.75) is 4.90 Å². The largest absolute Gasteiger partial charge is 0.508 e. The number of rotatable bonds is 4. The molecule has 6 heteroatoms. The molecule has 114 valence electrons. The van der Waals surface area contributed by atoms with Gasteiger partial charge in [0.15, 0.2) is 0 Å². The molecule has 0 amide bonds. The van der Waals surface area contributed by atoms with Crippen LogP contribution in [0.3, 0.4) is 0 Å². The van der Waals surface area contributed by atoms with Crippen LogP contribution in [0.4, 0.5) is 0 Å². The third-order valence-electron chi connectivity index (χ3n) is 3.37. The summed E-state index contributed by atoms with van der Waals surface area (Å²) < 4.78 is 35.4. The third kappa shape index (κ3) is 2.53. The zero-order valence-corrected chi connectivity index (χ0v) is 12.6. The van der Waals surface area contributed by atoms with E-state index >= 15 is 0 Å². The summed E-state index contributed by atoms with van der Waals surface area (Å²) >= 11 is 0. The van der Waals surface area contributed by atoms with Crippen LogP contribution in [0, 0.1) is 0 Å². The molecule has 0 bridgehead atoms. The Kier molecular flexibility index (Phi) is 3.54. The summed E-state index contributed by atoms with van der Waals surface area (Å²) in [5.74, 6) is 1.08. The van der Waals surface area contributed by atoms with E-state index in [4.69, 9.17) is 9.47 Å². The Morgan fingerprint density at radius 2 is 1.86 bits per heavy atom. The molecule has 1 aliphatic rings. The lowest BCUT2D eigenvalue weighted by Crippen LogP contribution is -2.09. The van der Waals surface area contributed by atoms with Gasteiger partial charge in [-0.25, -0.2) is 8.42 Å². The van der Waals surface area contributed by atoms with Gasteiger partial charge >= 0.3 is 0 Å². The number of phenols is 1. The van der Waals surface area contributed by atoms with E-state index in [1.807, 2.05) is 0 Å². The fourth-order valence-electron chi connectivity index (χ4n) is 2.23. The fourth-order valence-corrected chi connectivity index (χ4v) is 3.72. The maximum Gasteiger partial charge on any atom is 0.206 e. The monoisotopic (exact) mass is 318 g/mol.